The van der Waals surface area contributed by atoms with Crippen LogP contribution in [0.4, 0.5) is 5.69 Å². The lowest BCUT2D eigenvalue weighted by atomic mass is 10.1. The van der Waals surface area contributed by atoms with Gasteiger partial charge in [0.1, 0.15) is 0 Å². The highest BCUT2D eigenvalue weighted by Gasteiger charge is 2.22. The van der Waals surface area contributed by atoms with Crippen LogP contribution in [0.1, 0.15) is 17.3 Å². The second-order valence-corrected chi connectivity index (χ2v) is 5.49. The van der Waals surface area contributed by atoms with Crippen molar-refractivity contribution in [3.05, 3.63) is 40.0 Å². The number of nitrogens with two attached hydrogens (primary N) is 1. The van der Waals surface area contributed by atoms with Crippen LogP contribution in [0.25, 0.3) is 0 Å². The molecule has 0 radical (unpaired) electrons. The Labute approximate surface area is 127 Å². The Morgan fingerprint density at radius 3 is 2.60 bits per heavy atom. The maximum Gasteiger partial charge on any atom is 0.216 e. The molecule has 20 heavy (non-hydrogen) atoms. The molecule has 1 aromatic heterocycles. The van der Waals surface area contributed by atoms with Crippen molar-refractivity contribution in [3.8, 4) is 5.88 Å². The Kier molecular flexibility index (Phi) is 4.67. The minimum atomic E-state index is -0.0418. The van der Waals surface area contributed by atoms with E-state index >= 15 is 0 Å². The Bertz CT molecular complexity index is 580. The normalized spacial score (nSPS) is 12.2. The quantitative estimate of drug-likeness (QED) is 0.879. The fraction of sp³-hybridized carbons (Fsp3) is 0.357. The lowest BCUT2D eigenvalue weighted by molar-refractivity contribution is 0.367. The van der Waals surface area contributed by atoms with E-state index in [9.17, 15) is 0 Å². The molecule has 1 atom stereocenters. The van der Waals surface area contributed by atoms with Crippen molar-refractivity contribution in [1.82, 2.24) is 9.78 Å². The van der Waals surface area contributed by atoms with Gasteiger partial charge in [-0.1, -0.05) is 15.9 Å². The Morgan fingerprint density at radius 1 is 1.40 bits per heavy atom. The van der Waals surface area contributed by atoms with Crippen LogP contribution < -0.4 is 15.8 Å². The summed E-state index contributed by atoms with van der Waals surface area (Å²) in [5.41, 5.74) is 8.85. The first kappa shape index (κ1) is 14.9. The lowest BCUT2D eigenvalue weighted by Gasteiger charge is -2.19. The minimum absolute atomic E-state index is 0.0418. The number of aromatic nitrogens is 2. The van der Waals surface area contributed by atoms with Crippen molar-refractivity contribution in [1.29, 1.82) is 0 Å². The van der Waals surface area contributed by atoms with Gasteiger partial charge in [0.25, 0.3) is 0 Å². The first-order valence-electron chi connectivity index (χ1n) is 6.36. The molecule has 1 aromatic carbocycles. The molecule has 1 heterocycles. The van der Waals surface area contributed by atoms with Crippen LogP contribution in [0.5, 0.6) is 5.88 Å². The third kappa shape index (κ3) is 2.96. The number of nitrogens with zero attached hydrogens (tertiary/aromatic N) is 2. The van der Waals surface area contributed by atoms with Crippen LogP contribution in [0.3, 0.4) is 0 Å². The monoisotopic (exact) mass is 338 g/mol. The van der Waals surface area contributed by atoms with Crippen LogP contribution >= 0.6 is 15.9 Å². The number of rotatable bonds is 5. The zero-order valence-electron chi connectivity index (χ0n) is 11.9. The van der Waals surface area contributed by atoms with Crippen LogP contribution in [-0.4, -0.2) is 23.4 Å². The standard InChI is InChI=1S/C14H19BrN4O/c1-9-13(14(20-3)19(2)18-9)12(8-16)17-11-6-4-10(15)5-7-11/h4-7,12,17H,8,16H2,1-3H3. The van der Waals surface area contributed by atoms with Gasteiger partial charge in [-0.15, -0.1) is 0 Å². The summed E-state index contributed by atoms with van der Waals surface area (Å²) >= 11 is 3.43. The van der Waals surface area contributed by atoms with Gasteiger partial charge in [0.2, 0.25) is 5.88 Å². The molecule has 0 aliphatic heterocycles. The van der Waals surface area contributed by atoms with Gasteiger partial charge in [-0.2, -0.15) is 5.10 Å². The van der Waals surface area contributed by atoms with E-state index in [1.54, 1.807) is 11.8 Å². The van der Waals surface area contributed by atoms with Gasteiger partial charge in [-0.05, 0) is 31.2 Å². The van der Waals surface area contributed by atoms with E-state index in [2.05, 4.69) is 26.3 Å². The molecule has 0 saturated carbocycles. The molecule has 2 aromatic rings. The number of benzene rings is 1. The van der Waals surface area contributed by atoms with Crippen LogP contribution in [-0.2, 0) is 7.05 Å². The smallest absolute Gasteiger partial charge is 0.216 e. The number of aryl methyl sites for hydroxylation is 2. The summed E-state index contributed by atoms with van der Waals surface area (Å²) in [5.74, 6) is 0.738. The summed E-state index contributed by atoms with van der Waals surface area (Å²) in [6, 6.07) is 7.95. The van der Waals surface area contributed by atoms with Gasteiger partial charge in [-0.25, -0.2) is 4.68 Å². The van der Waals surface area contributed by atoms with Crippen molar-refractivity contribution in [2.75, 3.05) is 19.0 Å². The average molecular weight is 339 g/mol. The fourth-order valence-electron chi connectivity index (χ4n) is 2.29. The molecule has 5 nitrogen and oxygen atoms in total. The second kappa shape index (κ2) is 6.28. The Balaban J connectivity index is 2.30. The highest BCUT2D eigenvalue weighted by atomic mass is 79.9. The van der Waals surface area contributed by atoms with E-state index in [1.807, 2.05) is 38.2 Å². The molecule has 0 aliphatic carbocycles. The number of ether oxygens (including phenoxy) is 1. The third-order valence-electron chi connectivity index (χ3n) is 3.18. The SMILES string of the molecule is COc1c(C(CN)Nc2ccc(Br)cc2)c(C)nn1C. The predicted octanol–water partition coefficient (Wildman–Crippen LogP) is 2.61. The van der Waals surface area contributed by atoms with Crippen molar-refractivity contribution >= 4 is 21.6 Å². The predicted molar refractivity (Wildman–Crippen MR) is 84.1 cm³/mol. The number of halogens is 1. The summed E-state index contributed by atoms with van der Waals surface area (Å²) in [5, 5.41) is 7.82. The lowest BCUT2D eigenvalue weighted by Crippen LogP contribution is -2.21. The molecule has 0 spiro atoms. The molecule has 6 heteroatoms. The maximum atomic E-state index is 5.92. The first-order valence-corrected chi connectivity index (χ1v) is 7.15. The topological polar surface area (TPSA) is 65.1 Å². The zero-order chi connectivity index (χ0) is 14.7. The number of hydrogen-bond donors (Lipinski definition) is 2. The molecular weight excluding hydrogens is 320 g/mol. The number of methoxy groups -OCH3 is 1. The summed E-state index contributed by atoms with van der Waals surface area (Å²) in [4.78, 5) is 0. The molecule has 3 N–H and O–H groups in total. The fourth-order valence-corrected chi connectivity index (χ4v) is 2.56. The maximum absolute atomic E-state index is 5.92. The van der Waals surface area contributed by atoms with Gasteiger partial charge in [0.15, 0.2) is 0 Å². The van der Waals surface area contributed by atoms with E-state index in [0.29, 0.717) is 6.54 Å². The second-order valence-electron chi connectivity index (χ2n) is 4.57. The molecule has 0 amide bonds. The van der Waals surface area contributed by atoms with Gasteiger partial charge in [0, 0.05) is 23.8 Å². The van der Waals surface area contributed by atoms with E-state index in [4.69, 9.17) is 10.5 Å². The zero-order valence-corrected chi connectivity index (χ0v) is 13.4. The van der Waals surface area contributed by atoms with E-state index in [0.717, 1.165) is 27.3 Å². The van der Waals surface area contributed by atoms with Crippen LogP contribution in [0, 0.1) is 6.92 Å². The third-order valence-corrected chi connectivity index (χ3v) is 3.71. The molecule has 0 bridgehead atoms. The summed E-state index contributed by atoms with van der Waals surface area (Å²) in [6.07, 6.45) is 0. The average Bonchev–Trinajstić information content (AvgIpc) is 2.72. The molecule has 108 valence electrons. The van der Waals surface area contributed by atoms with E-state index in [1.165, 1.54) is 0 Å². The molecule has 0 fully saturated rings. The molecule has 1 unspecified atom stereocenters. The van der Waals surface area contributed by atoms with Crippen LogP contribution in [0.2, 0.25) is 0 Å². The number of hydrogen-bond acceptors (Lipinski definition) is 4. The van der Waals surface area contributed by atoms with E-state index in [-0.39, 0.29) is 6.04 Å². The molecular formula is C14H19BrN4O. The number of nitrogens with one attached hydrogen (secondary N) is 1. The summed E-state index contributed by atoms with van der Waals surface area (Å²) in [7, 11) is 3.51. The summed E-state index contributed by atoms with van der Waals surface area (Å²) < 4.78 is 8.21. The van der Waals surface area contributed by atoms with Crippen molar-refractivity contribution in [2.24, 2.45) is 12.8 Å². The molecule has 0 aliphatic rings. The molecule has 2 rings (SSSR count). The minimum Gasteiger partial charge on any atom is -0.481 e. The highest BCUT2D eigenvalue weighted by Crippen LogP contribution is 2.30. The summed E-state index contributed by atoms with van der Waals surface area (Å²) in [6.45, 7) is 2.42. The van der Waals surface area contributed by atoms with Gasteiger partial charge < -0.3 is 15.8 Å². The first-order chi connectivity index (χ1) is 9.56. The molecule has 0 saturated heterocycles. The van der Waals surface area contributed by atoms with E-state index < -0.39 is 0 Å². The van der Waals surface area contributed by atoms with Gasteiger partial charge in [0.05, 0.1) is 24.4 Å². The Hall–Kier alpha value is -1.53. The van der Waals surface area contributed by atoms with Gasteiger partial charge >= 0.3 is 0 Å². The number of anilines is 1. The van der Waals surface area contributed by atoms with Crippen molar-refractivity contribution in [3.63, 3.8) is 0 Å². The van der Waals surface area contributed by atoms with Gasteiger partial charge in [-0.3, -0.25) is 0 Å². The van der Waals surface area contributed by atoms with Crippen LogP contribution in [0.15, 0.2) is 28.7 Å². The van der Waals surface area contributed by atoms with Crippen molar-refractivity contribution < 1.29 is 4.74 Å². The largest absolute Gasteiger partial charge is 0.481 e. The Morgan fingerprint density at radius 2 is 2.05 bits per heavy atom. The van der Waals surface area contributed by atoms with Crippen molar-refractivity contribution in [2.45, 2.75) is 13.0 Å². The highest BCUT2D eigenvalue weighted by molar-refractivity contribution is 9.10.